The molecule has 0 radical (unpaired) electrons. The van der Waals surface area contributed by atoms with E-state index in [-0.39, 0.29) is 18.9 Å². The Labute approximate surface area is 125 Å². The Balaban J connectivity index is 1.73. The van der Waals surface area contributed by atoms with Crippen molar-refractivity contribution in [1.82, 2.24) is 15.1 Å². The minimum Gasteiger partial charge on any atom is -0.343 e. The van der Waals surface area contributed by atoms with Crippen molar-refractivity contribution in [2.24, 2.45) is 0 Å². The monoisotopic (exact) mass is 303 g/mol. The van der Waals surface area contributed by atoms with Gasteiger partial charge in [0.05, 0.1) is 12.6 Å². The standard InChI is InChI=1S/C15H27F2N3O/c1-19(12-6-4-3-5-7-12)8-9-20(2)14(21)13-10-15(16,17)11-18-13/h12-13,18H,3-11H2,1-2H3. The van der Waals surface area contributed by atoms with Crippen LogP contribution in [-0.4, -0.2) is 67.4 Å². The van der Waals surface area contributed by atoms with Gasteiger partial charge in [-0.1, -0.05) is 19.3 Å². The van der Waals surface area contributed by atoms with E-state index in [1.165, 1.54) is 32.1 Å². The maximum Gasteiger partial charge on any atom is 0.262 e. The van der Waals surface area contributed by atoms with Crippen molar-refractivity contribution in [3.63, 3.8) is 0 Å². The van der Waals surface area contributed by atoms with Crippen LogP contribution < -0.4 is 5.32 Å². The number of alkyl halides is 2. The van der Waals surface area contributed by atoms with Crippen molar-refractivity contribution < 1.29 is 13.6 Å². The molecule has 1 amide bonds. The fourth-order valence-electron chi connectivity index (χ4n) is 3.28. The van der Waals surface area contributed by atoms with Crippen molar-refractivity contribution in [3.05, 3.63) is 0 Å². The zero-order chi connectivity index (χ0) is 15.5. The number of nitrogens with zero attached hydrogens (tertiary/aromatic N) is 2. The summed E-state index contributed by atoms with van der Waals surface area (Å²) in [7, 11) is 3.80. The normalized spacial score (nSPS) is 26.2. The molecule has 0 aromatic rings. The molecule has 6 heteroatoms. The second-order valence-corrected chi connectivity index (χ2v) is 6.53. The number of hydrogen-bond acceptors (Lipinski definition) is 3. The quantitative estimate of drug-likeness (QED) is 0.840. The van der Waals surface area contributed by atoms with Gasteiger partial charge in [-0.2, -0.15) is 0 Å². The minimum absolute atomic E-state index is 0.218. The van der Waals surface area contributed by atoms with Gasteiger partial charge in [0.1, 0.15) is 0 Å². The van der Waals surface area contributed by atoms with Crippen LogP contribution >= 0.6 is 0 Å². The Morgan fingerprint density at radius 1 is 1.19 bits per heavy atom. The lowest BCUT2D eigenvalue weighted by atomic mass is 9.94. The fraction of sp³-hybridized carbons (Fsp3) is 0.933. The Morgan fingerprint density at radius 3 is 2.43 bits per heavy atom. The van der Waals surface area contributed by atoms with Crippen LogP contribution in [0.4, 0.5) is 8.78 Å². The molecule has 1 heterocycles. The van der Waals surface area contributed by atoms with Crippen LogP contribution in [0.15, 0.2) is 0 Å². The van der Waals surface area contributed by atoms with Crippen LogP contribution in [0.3, 0.4) is 0 Å². The molecule has 0 bridgehead atoms. The Bertz CT molecular complexity index is 359. The molecule has 2 fully saturated rings. The topological polar surface area (TPSA) is 35.6 Å². The highest BCUT2D eigenvalue weighted by atomic mass is 19.3. The first-order valence-electron chi connectivity index (χ1n) is 7.95. The SMILES string of the molecule is CN(CCN(C)C1CCCCC1)C(=O)C1CC(F)(F)CN1. The minimum atomic E-state index is -2.75. The fourth-order valence-corrected chi connectivity index (χ4v) is 3.28. The van der Waals surface area contributed by atoms with Crippen LogP contribution in [-0.2, 0) is 4.79 Å². The van der Waals surface area contributed by atoms with Gasteiger partial charge in [-0.3, -0.25) is 10.1 Å². The van der Waals surface area contributed by atoms with Gasteiger partial charge < -0.3 is 9.80 Å². The Hall–Kier alpha value is -0.750. The van der Waals surface area contributed by atoms with Crippen molar-refractivity contribution in [2.45, 2.75) is 56.5 Å². The van der Waals surface area contributed by atoms with E-state index in [9.17, 15) is 13.6 Å². The largest absolute Gasteiger partial charge is 0.343 e. The molecule has 1 saturated heterocycles. The highest BCUT2D eigenvalue weighted by Crippen LogP contribution is 2.26. The summed E-state index contributed by atoms with van der Waals surface area (Å²) in [5, 5.41) is 2.62. The molecule has 1 aliphatic carbocycles. The van der Waals surface area contributed by atoms with Gasteiger partial charge in [0.25, 0.3) is 5.92 Å². The molecule has 21 heavy (non-hydrogen) atoms. The zero-order valence-electron chi connectivity index (χ0n) is 13.1. The summed E-state index contributed by atoms with van der Waals surface area (Å²) >= 11 is 0. The maximum absolute atomic E-state index is 13.1. The average molecular weight is 303 g/mol. The summed E-state index contributed by atoms with van der Waals surface area (Å²) < 4.78 is 26.3. The Morgan fingerprint density at radius 2 is 1.86 bits per heavy atom. The van der Waals surface area contributed by atoms with E-state index in [4.69, 9.17) is 0 Å². The molecule has 0 aromatic heterocycles. The number of amides is 1. The average Bonchev–Trinajstić information content (AvgIpc) is 2.84. The summed E-state index contributed by atoms with van der Waals surface area (Å²) in [5.74, 6) is -2.97. The van der Waals surface area contributed by atoms with E-state index < -0.39 is 12.0 Å². The van der Waals surface area contributed by atoms with Gasteiger partial charge in [-0.05, 0) is 19.9 Å². The molecule has 122 valence electrons. The molecular weight excluding hydrogens is 276 g/mol. The van der Waals surface area contributed by atoms with E-state index in [2.05, 4.69) is 17.3 Å². The zero-order valence-corrected chi connectivity index (χ0v) is 13.1. The van der Waals surface area contributed by atoms with Crippen LogP contribution in [0.1, 0.15) is 38.5 Å². The number of carbonyl (C=O) groups is 1. The van der Waals surface area contributed by atoms with E-state index in [1.807, 2.05) is 0 Å². The molecular formula is C15H27F2N3O. The summed E-state index contributed by atoms with van der Waals surface area (Å²) in [6, 6.07) is -0.124. The van der Waals surface area contributed by atoms with E-state index in [0.29, 0.717) is 12.6 Å². The highest BCUT2D eigenvalue weighted by molar-refractivity contribution is 5.82. The van der Waals surface area contributed by atoms with Gasteiger partial charge in [0.15, 0.2) is 0 Å². The molecule has 0 aromatic carbocycles. The molecule has 4 nitrogen and oxygen atoms in total. The first kappa shape index (κ1) is 16.6. The molecule has 2 aliphatic rings. The van der Waals surface area contributed by atoms with Gasteiger partial charge in [-0.15, -0.1) is 0 Å². The summed E-state index contributed by atoms with van der Waals surface area (Å²) in [5.41, 5.74) is 0. The van der Waals surface area contributed by atoms with Crippen molar-refractivity contribution in [1.29, 1.82) is 0 Å². The summed E-state index contributed by atoms with van der Waals surface area (Å²) in [6.07, 6.45) is 5.96. The third-order valence-corrected chi connectivity index (χ3v) is 4.77. The van der Waals surface area contributed by atoms with Crippen molar-refractivity contribution in [2.75, 3.05) is 33.7 Å². The van der Waals surface area contributed by atoms with Gasteiger partial charge in [-0.25, -0.2) is 8.78 Å². The number of nitrogens with one attached hydrogen (secondary N) is 1. The molecule has 1 N–H and O–H groups in total. The first-order valence-corrected chi connectivity index (χ1v) is 7.95. The Kier molecular flexibility index (Phi) is 5.54. The van der Waals surface area contributed by atoms with Crippen molar-refractivity contribution in [3.8, 4) is 0 Å². The van der Waals surface area contributed by atoms with E-state index in [0.717, 1.165) is 6.54 Å². The lowest BCUT2D eigenvalue weighted by Crippen LogP contribution is -2.45. The summed E-state index contributed by atoms with van der Waals surface area (Å²) in [4.78, 5) is 16.0. The number of rotatable bonds is 5. The second kappa shape index (κ2) is 7.01. The van der Waals surface area contributed by atoms with E-state index >= 15 is 0 Å². The second-order valence-electron chi connectivity index (χ2n) is 6.53. The smallest absolute Gasteiger partial charge is 0.262 e. The molecule has 0 spiro atoms. The maximum atomic E-state index is 13.1. The van der Waals surface area contributed by atoms with Crippen LogP contribution in [0.5, 0.6) is 0 Å². The number of carbonyl (C=O) groups excluding carboxylic acids is 1. The lowest BCUT2D eigenvalue weighted by molar-refractivity contribution is -0.132. The van der Waals surface area contributed by atoms with Gasteiger partial charge in [0.2, 0.25) is 5.91 Å². The highest BCUT2D eigenvalue weighted by Gasteiger charge is 2.43. The molecule has 1 aliphatic heterocycles. The van der Waals surface area contributed by atoms with Gasteiger partial charge in [0, 0.05) is 32.6 Å². The van der Waals surface area contributed by atoms with E-state index in [1.54, 1.807) is 11.9 Å². The van der Waals surface area contributed by atoms with Crippen molar-refractivity contribution >= 4 is 5.91 Å². The number of likely N-dealkylation sites (N-methyl/N-ethyl adjacent to an activating group) is 2. The number of halogens is 2. The molecule has 2 rings (SSSR count). The van der Waals surface area contributed by atoms with Crippen LogP contribution in [0, 0.1) is 0 Å². The van der Waals surface area contributed by atoms with Gasteiger partial charge >= 0.3 is 0 Å². The molecule has 1 unspecified atom stereocenters. The summed E-state index contributed by atoms with van der Waals surface area (Å²) in [6.45, 7) is 1.00. The first-order chi connectivity index (χ1) is 9.89. The van der Waals surface area contributed by atoms with Crippen LogP contribution in [0.2, 0.25) is 0 Å². The third-order valence-electron chi connectivity index (χ3n) is 4.77. The predicted molar refractivity (Wildman–Crippen MR) is 78.5 cm³/mol. The molecule has 1 atom stereocenters. The predicted octanol–water partition coefficient (Wildman–Crippen LogP) is 1.71. The third kappa shape index (κ3) is 4.61. The molecule has 1 saturated carbocycles. The van der Waals surface area contributed by atoms with Crippen LogP contribution in [0.25, 0.3) is 0 Å². The lowest BCUT2D eigenvalue weighted by Gasteiger charge is -2.32. The number of hydrogen-bond donors (Lipinski definition) is 1.